The first-order chi connectivity index (χ1) is 9.28. The quantitative estimate of drug-likeness (QED) is 0.748. The lowest BCUT2D eigenvalue weighted by atomic mass is 10.2. The van der Waals surface area contributed by atoms with Gasteiger partial charge in [-0.05, 0) is 30.3 Å². The van der Waals surface area contributed by atoms with Gasteiger partial charge in [-0.25, -0.2) is 0 Å². The van der Waals surface area contributed by atoms with Crippen molar-refractivity contribution in [3.05, 3.63) is 72.3 Å². The molecule has 3 rings (SSSR count). The third-order valence-corrected chi connectivity index (χ3v) is 7.20. The van der Waals surface area contributed by atoms with Gasteiger partial charge in [0.2, 0.25) is 0 Å². The molecule has 96 valence electrons. The maximum Gasteiger partial charge on any atom is 0.280 e. The molecule has 1 aliphatic rings. The molecule has 1 atom stereocenters. The van der Waals surface area contributed by atoms with E-state index in [1.54, 1.807) is 0 Å². The van der Waals surface area contributed by atoms with Gasteiger partial charge in [0.1, 0.15) is 5.76 Å². The van der Waals surface area contributed by atoms with E-state index in [1.807, 2.05) is 6.07 Å². The fraction of sp³-hybridized carbons (Fsp3) is 0.176. The second kappa shape index (κ2) is 5.06. The highest BCUT2D eigenvalue weighted by molar-refractivity contribution is 6.86. The van der Waals surface area contributed by atoms with Gasteiger partial charge in [0.05, 0.1) is 0 Å². The molecule has 0 radical (unpaired) electrons. The molecule has 0 amide bonds. The Morgan fingerprint density at radius 1 is 0.895 bits per heavy atom. The zero-order valence-electron chi connectivity index (χ0n) is 11.2. The van der Waals surface area contributed by atoms with Crippen LogP contribution < -0.4 is 5.19 Å². The molecule has 2 aromatic carbocycles. The highest BCUT2D eigenvalue weighted by atomic mass is 28.4. The van der Waals surface area contributed by atoms with Crippen molar-refractivity contribution in [1.29, 1.82) is 0 Å². The monoisotopic (exact) mass is 266 g/mol. The van der Waals surface area contributed by atoms with Gasteiger partial charge in [0.25, 0.3) is 8.32 Å². The Bertz CT molecular complexity index is 577. The number of benzene rings is 2. The number of hydrogen-bond acceptors (Lipinski definition) is 1. The van der Waals surface area contributed by atoms with E-state index in [0.717, 1.165) is 18.2 Å². The first kappa shape index (κ1) is 12.2. The van der Waals surface area contributed by atoms with Crippen LogP contribution in [0.15, 0.2) is 66.7 Å². The predicted octanol–water partition coefficient (Wildman–Crippen LogP) is 3.93. The van der Waals surface area contributed by atoms with Crippen molar-refractivity contribution in [2.75, 3.05) is 0 Å². The Balaban J connectivity index is 1.91. The molecule has 19 heavy (non-hydrogen) atoms. The first-order valence-electron chi connectivity index (χ1n) is 6.78. The summed E-state index contributed by atoms with van der Waals surface area (Å²) in [7, 11) is -1.83. The molecule has 0 aliphatic carbocycles. The normalized spacial score (nSPS) is 22.5. The Labute approximate surface area is 115 Å². The molecule has 0 fully saturated rings. The minimum Gasteiger partial charge on any atom is -0.539 e. The van der Waals surface area contributed by atoms with Gasteiger partial charge in [-0.15, -0.1) is 0 Å². The summed E-state index contributed by atoms with van der Waals surface area (Å²) in [6.07, 6.45) is 3.34. The third-order valence-electron chi connectivity index (χ3n) is 3.73. The molecule has 1 unspecified atom stereocenters. The van der Waals surface area contributed by atoms with E-state index < -0.39 is 8.32 Å². The van der Waals surface area contributed by atoms with Crippen LogP contribution in [0.2, 0.25) is 12.6 Å². The van der Waals surface area contributed by atoms with E-state index in [1.165, 1.54) is 10.8 Å². The fourth-order valence-corrected chi connectivity index (χ4v) is 5.38. The summed E-state index contributed by atoms with van der Waals surface area (Å²) in [6, 6.07) is 22.3. The lowest BCUT2D eigenvalue weighted by molar-refractivity contribution is 0.498. The Kier molecular flexibility index (Phi) is 3.26. The molecule has 2 heteroatoms. The highest BCUT2D eigenvalue weighted by Gasteiger charge is 2.35. The SMILES string of the molecule is C[Si]1(c2ccccc2)CCC=C(c2ccccc2)O1. The molecule has 0 bridgehead atoms. The van der Waals surface area contributed by atoms with Crippen LogP contribution in [0.5, 0.6) is 0 Å². The number of allylic oxidation sites excluding steroid dienone is 1. The van der Waals surface area contributed by atoms with Crippen LogP contribution in [0.3, 0.4) is 0 Å². The molecule has 0 spiro atoms. The zero-order chi connectivity index (χ0) is 13.1. The average molecular weight is 266 g/mol. The molecular formula is C17H18OSi. The standard InChI is InChI=1S/C17H18OSi/c1-19(16-11-6-3-7-12-16)14-8-13-17(18-19)15-9-4-2-5-10-15/h2-7,9-13H,8,14H2,1H3. The van der Waals surface area contributed by atoms with Gasteiger partial charge in [-0.3, -0.25) is 0 Å². The van der Waals surface area contributed by atoms with Gasteiger partial charge in [-0.1, -0.05) is 60.7 Å². The fourth-order valence-electron chi connectivity index (χ4n) is 2.59. The van der Waals surface area contributed by atoms with Crippen LogP contribution in [0.4, 0.5) is 0 Å². The third kappa shape index (κ3) is 2.49. The van der Waals surface area contributed by atoms with Gasteiger partial charge in [0, 0.05) is 5.56 Å². The molecule has 0 aromatic heterocycles. The number of rotatable bonds is 2. The molecular weight excluding hydrogens is 248 g/mol. The Morgan fingerprint density at radius 2 is 1.53 bits per heavy atom. The molecule has 0 saturated carbocycles. The first-order valence-corrected chi connectivity index (χ1v) is 9.40. The molecule has 2 aromatic rings. The van der Waals surface area contributed by atoms with Gasteiger partial charge >= 0.3 is 0 Å². The van der Waals surface area contributed by atoms with E-state index in [0.29, 0.717) is 0 Å². The topological polar surface area (TPSA) is 9.23 Å². The minimum atomic E-state index is -1.83. The zero-order valence-corrected chi connectivity index (χ0v) is 12.2. The predicted molar refractivity (Wildman–Crippen MR) is 82.6 cm³/mol. The smallest absolute Gasteiger partial charge is 0.280 e. The van der Waals surface area contributed by atoms with Crippen LogP contribution in [0.1, 0.15) is 12.0 Å². The summed E-state index contributed by atoms with van der Waals surface area (Å²) in [6.45, 7) is 2.32. The van der Waals surface area contributed by atoms with Gasteiger partial charge in [-0.2, -0.15) is 0 Å². The van der Waals surface area contributed by atoms with Crippen molar-refractivity contribution in [2.45, 2.75) is 19.0 Å². The summed E-state index contributed by atoms with van der Waals surface area (Å²) in [4.78, 5) is 0. The van der Waals surface area contributed by atoms with Crippen LogP contribution in [0, 0.1) is 0 Å². The lowest BCUT2D eigenvalue weighted by Gasteiger charge is -2.33. The van der Waals surface area contributed by atoms with E-state index in [-0.39, 0.29) is 0 Å². The highest BCUT2D eigenvalue weighted by Crippen LogP contribution is 2.30. The van der Waals surface area contributed by atoms with Crippen molar-refractivity contribution < 1.29 is 4.43 Å². The number of hydrogen-bond donors (Lipinski definition) is 0. The Morgan fingerprint density at radius 3 is 2.21 bits per heavy atom. The van der Waals surface area contributed by atoms with Crippen molar-refractivity contribution in [3.63, 3.8) is 0 Å². The van der Waals surface area contributed by atoms with Crippen molar-refractivity contribution >= 4 is 19.3 Å². The van der Waals surface area contributed by atoms with E-state index in [4.69, 9.17) is 4.43 Å². The molecule has 1 heterocycles. The van der Waals surface area contributed by atoms with Crippen molar-refractivity contribution in [3.8, 4) is 0 Å². The van der Waals surface area contributed by atoms with E-state index in [2.05, 4.69) is 67.2 Å². The van der Waals surface area contributed by atoms with E-state index in [9.17, 15) is 0 Å². The second-order valence-corrected chi connectivity index (χ2v) is 8.92. The van der Waals surface area contributed by atoms with Gasteiger partial charge in [0.15, 0.2) is 0 Å². The summed E-state index contributed by atoms with van der Waals surface area (Å²) in [5.74, 6) is 1.06. The Hall–Kier alpha value is -1.80. The molecule has 1 nitrogen and oxygen atoms in total. The lowest BCUT2D eigenvalue weighted by Crippen LogP contribution is -2.48. The maximum atomic E-state index is 6.45. The second-order valence-electron chi connectivity index (χ2n) is 5.17. The van der Waals surface area contributed by atoms with Crippen molar-refractivity contribution in [1.82, 2.24) is 0 Å². The summed E-state index contributed by atoms with van der Waals surface area (Å²) >= 11 is 0. The van der Waals surface area contributed by atoms with Gasteiger partial charge < -0.3 is 4.43 Å². The van der Waals surface area contributed by atoms with Crippen LogP contribution in [-0.4, -0.2) is 8.32 Å². The average Bonchev–Trinajstić information content (AvgIpc) is 2.49. The molecule has 1 aliphatic heterocycles. The summed E-state index contributed by atoms with van der Waals surface area (Å²) < 4.78 is 6.45. The summed E-state index contributed by atoms with van der Waals surface area (Å²) in [5.41, 5.74) is 1.19. The van der Waals surface area contributed by atoms with Crippen molar-refractivity contribution in [2.24, 2.45) is 0 Å². The molecule has 0 saturated heterocycles. The molecule has 0 N–H and O–H groups in total. The summed E-state index contributed by atoms with van der Waals surface area (Å²) in [5, 5.41) is 1.39. The minimum absolute atomic E-state index is 1.06. The van der Waals surface area contributed by atoms with E-state index >= 15 is 0 Å². The van der Waals surface area contributed by atoms with Crippen LogP contribution in [-0.2, 0) is 4.43 Å². The largest absolute Gasteiger partial charge is 0.539 e. The van der Waals surface area contributed by atoms with Crippen LogP contribution in [0.25, 0.3) is 5.76 Å². The van der Waals surface area contributed by atoms with Crippen LogP contribution >= 0.6 is 0 Å². The maximum absolute atomic E-state index is 6.45.